The molecule has 1 aliphatic heterocycles. The van der Waals surface area contributed by atoms with Gasteiger partial charge in [0.1, 0.15) is 5.60 Å². The van der Waals surface area contributed by atoms with E-state index in [-0.39, 0.29) is 0 Å². The van der Waals surface area contributed by atoms with Crippen LogP contribution in [-0.2, 0) is 5.60 Å². The number of likely N-dealkylation sites (tertiary alicyclic amines) is 1. The molecule has 1 aromatic rings. The Kier molecular flexibility index (Phi) is 4.03. The molecule has 0 aromatic carbocycles. The van der Waals surface area contributed by atoms with E-state index in [1.54, 1.807) is 0 Å². The summed E-state index contributed by atoms with van der Waals surface area (Å²) >= 11 is 0. The zero-order chi connectivity index (χ0) is 13.2. The van der Waals surface area contributed by atoms with Crippen molar-refractivity contribution in [2.24, 2.45) is 0 Å². The fraction of sp³-hybridized carbons (Fsp3) is 0.667. The number of hydrogen-bond donors (Lipinski definition) is 1. The Bertz CT molecular complexity index is 380. The van der Waals surface area contributed by atoms with E-state index in [1.807, 2.05) is 12.3 Å². The van der Waals surface area contributed by atoms with E-state index < -0.39 is 5.60 Å². The van der Waals surface area contributed by atoms with Crippen LogP contribution in [0.15, 0.2) is 18.3 Å². The average Bonchev–Trinajstić information content (AvgIpc) is 2.41. The third-order valence-electron chi connectivity index (χ3n) is 4.26. The standard InChI is InChI=1S/C15H24N2O/c1-4-12(2)13-5-6-14(16-11-13)15(18)7-9-17(3)10-8-15/h5-6,11-12,18H,4,7-10H2,1-3H3. The fourth-order valence-electron chi connectivity index (χ4n) is 2.45. The number of aromatic nitrogens is 1. The second kappa shape index (κ2) is 5.37. The van der Waals surface area contributed by atoms with Crippen LogP contribution >= 0.6 is 0 Å². The predicted octanol–water partition coefficient (Wildman–Crippen LogP) is 2.51. The first-order valence-electron chi connectivity index (χ1n) is 6.92. The van der Waals surface area contributed by atoms with E-state index in [4.69, 9.17) is 0 Å². The molecule has 0 aliphatic carbocycles. The Labute approximate surface area is 110 Å². The van der Waals surface area contributed by atoms with Crippen LogP contribution in [0.5, 0.6) is 0 Å². The van der Waals surface area contributed by atoms with Gasteiger partial charge >= 0.3 is 0 Å². The summed E-state index contributed by atoms with van der Waals surface area (Å²) in [7, 11) is 2.10. The Balaban J connectivity index is 2.14. The van der Waals surface area contributed by atoms with Gasteiger partial charge in [-0.25, -0.2) is 0 Å². The second-order valence-corrected chi connectivity index (χ2v) is 5.62. The van der Waals surface area contributed by atoms with E-state index in [0.717, 1.165) is 38.0 Å². The van der Waals surface area contributed by atoms with Gasteiger partial charge in [-0.1, -0.05) is 19.9 Å². The lowest BCUT2D eigenvalue weighted by Gasteiger charge is -2.36. The summed E-state index contributed by atoms with van der Waals surface area (Å²) in [5.74, 6) is 0.540. The van der Waals surface area contributed by atoms with Crippen LogP contribution in [0.1, 0.15) is 50.3 Å². The molecule has 1 saturated heterocycles. The number of pyridine rings is 1. The summed E-state index contributed by atoms with van der Waals surface area (Å²) in [6.07, 6.45) is 4.61. The highest BCUT2D eigenvalue weighted by molar-refractivity contribution is 5.21. The predicted molar refractivity (Wildman–Crippen MR) is 73.6 cm³/mol. The Morgan fingerprint density at radius 1 is 1.39 bits per heavy atom. The van der Waals surface area contributed by atoms with Gasteiger partial charge in [0, 0.05) is 19.3 Å². The first kappa shape index (κ1) is 13.5. The molecule has 0 saturated carbocycles. The minimum Gasteiger partial charge on any atom is -0.383 e. The van der Waals surface area contributed by atoms with E-state index in [0.29, 0.717) is 5.92 Å². The van der Waals surface area contributed by atoms with Crippen LogP contribution in [0.25, 0.3) is 0 Å². The molecule has 3 heteroatoms. The third kappa shape index (κ3) is 2.73. The minimum atomic E-state index is -0.722. The first-order chi connectivity index (χ1) is 8.55. The number of rotatable bonds is 3. The fourth-order valence-corrected chi connectivity index (χ4v) is 2.45. The van der Waals surface area contributed by atoms with Crippen molar-refractivity contribution in [1.29, 1.82) is 0 Å². The molecule has 0 spiro atoms. The van der Waals surface area contributed by atoms with Crippen LogP contribution in [0.3, 0.4) is 0 Å². The number of aliphatic hydroxyl groups is 1. The Hall–Kier alpha value is -0.930. The van der Waals surface area contributed by atoms with Crippen molar-refractivity contribution in [2.75, 3.05) is 20.1 Å². The van der Waals surface area contributed by atoms with Gasteiger partial charge in [-0.05, 0) is 43.9 Å². The van der Waals surface area contributed by atoms with Gasteiger partial charge in [0.25, 0.3) is 0 Å². The molecule has 18 heavy (non-hydrogen) atoms. The van der Waals surface area contributed by atoms with Crippen molar-refractivity contribution >= 4 is 0 Å². The third-order valence-corrected chi connectivity index (χ3v) is 4.26. The summed E-state index contributed by atoms with van der Waals surface area (Å²) in [5, 5.41) is 10.7. The minimum absolute atomic E-state index is 0.540. The lowest BCUT2D eigenvalue weighted by Crippen LogP contribution is -2.41. The monoisotopic (exact) mass is 248 g/mol. The maximum Gasteiger partial charge on any atom is 0.109 e. The van der Waals surface area contributed by atoms with Crippen LogP contribution < -0.4 is 0 Å². The normalized spacial score (nSPS) is 21.8. The molecule has 3 nitrogen and oxygen atoms in total. The van der Waals surface area contributed by atoms with Crippen molar-refractivity contribution in [3.63, 3.8) is 0 Å². The maximum absolute atomic E-state index is 10.7. The molecule has 1 fully saturated rings. The summed E-state index contributed by atoms with van der Waals surface area (Å²) in [6.45, 7) is 6.26. The highest BCUT2D eigenvalue weighted by Gasteiger charge is 2.34. The zero-order valence-corrected chi connectivity index (χ0v) is 11.7. The lowest BCUT2D eigenvalue weighted by atomic mass is 9.87. The molecule has 2 heterocycles. The van der Waals surface area contributed by atoms with Crippen LogP contribution in [0, 0.1) is 0 Å². The van der Waals surface area contributed by atoms with Crippen molar-refractivity contribution in [1.82, 2.24) is 9.88 Å². The molecule has 100 valence electrons. The van der Waals surface area contributed by atoms with Crippen LogP contribution in [-0.4, -0.2) is 35.1 Å². The van der Waals surface area contributed by atoms with Gasteiger partial charge in [-0.3, -0.25) is 4.98 Å². The van der Waals surface area contributed by atoms with E-state index in [2.05, 4.69) is 36.8 Å². The molecule has 1 aliphatic rings. The van der Waals surface area contributed by atoms with E-state index in [9.17, 15) is 5.11 Å². The molecule has 1 aromatic heterocycles. The van der Waals surface area contributed by atoms with Crippen molar-refractivity contribution in [3.8, 4) is 0 Å². The summed E-state index contributed by atoms with van der Waals surface area (Å²) < 4.78 is 0. The SMILES string of the molecule is CCC(C)c1ccc(C2(O)CCN(C)CC2)nc1. The van der Waals surface area contributed by atoms with Crippen LogP contribution in [0.2, 0.25) is 0 Å². The van der Waals surface area contributed by atoms with Crippen molar-refractivity contribution in [3.05, 3.63) is 29.6 Å². The highest BCUT2D eigenvalue weighted by Crippen LogP contribution is 2.31. The van der Waals surface area contributed by atoms with Crippen molar-refractivity contribution in [2.45, 2.75) is 44.6 Å². The second-order valence-electron chi connectivity index (χ2n) is 5.62. The zero-order valence-electron chi connectivity index (χ0n) is 11.7. The van der Waals surface area contributed by atoms with Gasteiger partial charge < -0.3 is 10.0 Å². The summed E-state index contributed by atoms with van der Waals surface area (Å²) in [6, 6.07) is 4.12. The molecule has 0 radical (unpaired) electrons. The largest absolute Gasteiger partial charge is 0.383 e. The number of nitrogens with zero attached hydrogens (tertiary/aromatic N) is 2. The quantitative estimate of drug-likeness (QED) is 0.893. The molecule has 1 atom stereocenters. The van der Waals surface area contributed by atoms with E-state index in [1.165, 1.54) is 5.56 Å². The lowest BCUT2D eigenvalue weighted by molar-refractivity contribution is -0.0238. The summed E-state index contributed by atoms with van der Waals surface area (Å²) in [5.41, 5.74) is 1.38. The molecule has 1 N–H and O–H groups in total. The molecule has 2 rings (SSSR count). The van der Waals surface area contributed by atoms with Crippen LogP contribution in [0.4, 0.5) is 0 Å². The van der Waals surface area contributed by atoms with Gasteiger partial charge in [-0.2, -0.15) is 0 Å². The Morgan fingerprint density at radius 3 is 2.56 bits per heavy atom. The van der Waals surface area contributed by atoms with Gasteiger partial charge in [-0.15, -0.1) is 0 Å². The highest BCUT2D eigenvalue weighted by atomic mass is 16.3. The number of hydrogen-bond acceptors (Lipinski definition) is 3. The molecule has 1 unspecified atom stereocenters. The molecule has 0 bridgehead atoms. The topological polar surface area (TPSA) is 36.4 Å². The van der Waals surface area contributed by atoms with Gasteiger partial charge in [0.2, 0.25) is 0 Å². The average molecular weight is 248 g/mol. The summed E-state index contributed by atoms with van der Waals surface area (Å²) in [4.78, 5) is 6.75. The molecular formula is C15H24N2O. The van der Waals surface area contributed by atoms with Crippen molar-refractivity contribution < 1.29 is 5.11 Å². The number of piperidine rings is 1. The maximum atomic E-state index is 10.7. The molecule has 0 amide bonds. The Morgan fingerprint density at radius 2 is 2.06 bits per heavy atom. The molecular weight excluding hydrogens is 224 g/mol. The first-order valence-corrected chi connectivity index (χ1v) is 6.92. The van der Waals surface area contributed by atoms with E-state index >= 15 is 0 Å². The van der Waals surface area contributed by atoms with Gasteiger partial charge in [0.05, 0.1) is 5.69 Å². The smallest absolute Gasteiger partial charge is 0.109 e. The van der Waals surface area contributed by atoms with Gasteiger partial charge in [0.15, 0.2) is 0 Å².